The van der Waals surface area contributed by atoms with Crippen molar-refractivity contribution in [3.8, 4) is 22.9 Å². The summed E-state index contributed by atoms with van der Waals surface area (Å²) < 4.78 is 13.0. The summed E-state index contributed by atoms with van der Waals surface area (Å²) in [7, 11) is 1.67. The maximum atomic E-state index is 13.7. The average Bonchev–Trinajstić information content (AvgIpc) is 2.96. The molecule has 40 heavy (non-hydrogen) atoms. The number of fused-ring (bicyclic) bond motifs is 1. The molecule has 202 valence electrons. The van der Waals surface area contributed by atoms with E-state index in [1.807, 2.05) is 61.5 Å². The van der Waals surface area contributed by atoms with Crippen LogP contribution in [-0.4, -0.2) is 23.0 Å². The van der Waals surface area contributed by atoms with Crippen molar-refractivity contribution in [1.82, 2.24) is 9.66 Å². The predicted octanol–water partition coefficient (Wildman–Crippen LogP) is 7.27. The zero-order chi connectivity index (χ0) is 28.2. The van der Waals surface area contributed by atoms with Gasteiger partial charge in [-0.15, -0.1) is 0 Å². The predicted molar refractivity (Wildman–Crippen MR) is 162 cm³/mol. The SMILES string of the molecule is COc1cc(C)c(-c2nc3ccccc3c(=O)n2N=Cc2ccc(OCc3cccc(C)c3)cc2)cc1C(C)C. The summed E-state index contributed by atoms with van der Waals surface area (Å²) in [5, 5.41) is 5.15. The topological polar surface area (TPSA) is 65.7 Å². The first-order valence-electron chi connectivity index (χ1n) is 13.4. The van der Waals surface area contributed by atoms with Gasteiger partial charge >= 0.3 is 0 Å². The van der Waals surface area contributed by atoms with Gasteiger partial charge in [-0.05, 0) is 90.6 Å². The molecule has 0 saturated heterocycles. The van der Waals surface area contributed by atoms with Crippen LogP contribution in [0.1, 0.15) is 47.6 Å². The molecule has 0 amide bonds. The van der Waals surface area contributed by atoms with Crippen LogP contribution in [0.2, 0.25) is 0 Å². The van der Waals surface area contributed by atoms with Gasteiger partial charge in [0.05, 0.1) is 24.2 Å². The van der Waals surface area contributed by atoms with Crippen molar-refractivity contribution in [2.45, 2.75) is 40.2 Å². The number of ether oxygens (including phenoxy) is 2. The lowest BCUT2D eigenvalue weighted by atomic mass is 9.96. The molecule has 0 atom stereocenters. The summed E-state index contributed by atoms with van der Waals surface area (Å²) in [6.07, 6.45) is 1.67. The molecule has 0 aliphatic rings. The summed E-state index contributed by atoms with van der Waals surface area (Å²) in [6.45, 7) is 8.79. The number of rotatable bonds is 8. The molecule has 0 N–H and O–H groups in total. The van der Waals surface area contributed by atoms with Crippen LogP contribution in [0.15, 0.2) is 94.8 Å². The van der Waals surface area contributed by atoms with E-state index in [0.29, 0.717) is 23.3 Å². The average molecular weight is 532 g/mol. The molecular formula is C34H33N3O3. The van der Waals surface area contributed by atoms with Crippen LogP contribution in [0.4, 0.5) is 0 Å². The molecule has 5 rings (SSSR count). The number of aromatic nitrogens is 2. The molecular weight excluding hydrogens is 498 g/mol. The molecule has 1 heterocycles. The van der Waals surface area contributed by atoms with E-state index in [-0.39, 0.29) is 11.5 Å². The van der Waals surface area contributed by atoms with Gasteiger partial charge in [-0.2, -0.15) is 9.78 Å². The number of methoxy groups -OCH3 is 1. The minimum atomic E-state index is -0.226. The van der Waals surface area contributed by atoms with E-state index in [1.165, 1.54) is 10.2 Å². The molecule has 0 saturated carbocycles. The van der Waals surface area contributed by atoms with Gasteiger partial charge in [0.1, 0.15) is 18.1 Å². The van der Waals surface area contributed by atoms with Gasteiger partial charge in [0.2, 0.25) is 0 Å². The minimum absolute atomic E-state index is 0.226. The highest BCUT2D eigenvalue weighted by molar-refractivity contribution is 5.82. The molecule has 4 aromatic carbocycles. The van der Waals surface area contributed by atoms with Crippen molar-refractivity contribution < 1.29 is 9.47 Å². The summed E-state index contributed by atoms with van der Waals surface area (Å²) in [5.74, 6) is 2.29. The fraction of sp³-hybridized carbons (Fsp3) is 0.206. The third-order valence-electron chi connectivity index (χ3n) is 6.88. The number of aryl methyl sites for hydroxylation is 2. The Kier molecular flexibility index (Phi) is 7.78. The molecule has 0 aliphatic carbocycles. The zero-order valence-electron chi connectivity index (χ0n) is 23.5. The van der Waals surface area contributed by atoms with Gasteiger partial charge in [-0.25, -0.2) is 4.98 Å². The highest BCUT2D eigenvalue weighted by atomic mass is 16.5. The first kappa shape index (κ1) is 26.9. The maximum absolute atomic E-state index is 13.7. The molecule has 0 radical (unpaired) electrons. The first-order valence-corrected chi connectivity index (χ1v) is 13.4. The Labute approximate surface area is 234 Å². The third kappa shape index (κ3) is 5.66. The second-order valence-corrected chi connectivity index (χ2v) is 10.2. The van der Waals surface area contributed by atoms with Crippen molar-refractivity contribution >= 4 is 17.1 Å². The van der Waals surface area contributed by atoms with E-state index in [0.717, 1.165) is 39.3 Å². The molecule has 6 nitrogen and oxygen atoms in total. The number of hydrogen-bond donors (Lipinski definition) is 0. The monoisotopic (exact) mass is 531 g/mol. The zero-order valence-corrected chi connectivity index (χ0v) is 23.5. The first-order chi connectivity index (χ1) is 19.3. The van der Waals surface area contributed by atoms with Crippen LogP contribution in [-0.2, 0) is 6.61 Å². The Morgan fingerprint density at radius 3 is 2.45 bits per heavy atom. The fourth-order valence-corrected chi connectivity index (χ4v) is 4.72. The Morgan fingerprint density at radius 1 is 0.950 bits per heavy atom. The van der Waals surface area contributed by atoms with E-state index in [9.17, 15) is 4.79 Å². The molecule has 0 unspecified atom stereocenters. The van der Waals surface area contributed by atoms with Crippen LogP contribution in [0.25, 0.3) is 22.3 Å². The Bertz CT molecular complexity index is 1750. The van der Waals surface area contributed by atoms with Crippen molar-refractivity contribution in [1.29, 1.82) is 0 Å². The molecule has 0 spiro atoms. The van der Waals surface area contributed by atoms with Crippen LogP contribution >= 0.6 is 0 Å². The fourth-order valence-electron chi connectivity index (χ4n) is 4.72. The van der Waals surface area contributed by atoms with Gasteiger partial charge in [-0.1, -0.05) is 55.8 Å². The highest BCUT2D eigenvalue weighted by Crippen LogP contribution is 2.34. The number of nitrogens with zero attached hydrogens (tertiary/aromatic N) is 3. The van der Waals surface area contributed by atoms with Gasteiger partial charge in [0.25, 0.3) is 5.56 Å². The van der Waals surface area contributed by atoms with E-state index in [2.05, 4.69) is 50.1 Å². The summed E-state index contributed by atoms with van der Waals surface area (Å²) in [6, 6.07) is 27.3. The van der Waals surface area contributed by atoms with Gasteiger partial charge in [0.15, 0.2) is 5.82 Å². The lowest BCUT2D eigenvalue weighted by molar-refractivity contribution is 0.306. The van der Waals surface area contributed by atoms with E-state index >= 15 is 0 Å². The van der Waals surface area contributed by atoms with Crippen molar-refractivity contribution in [3.63, 3.8) is 0 Å². The number of para-hydroxylation sites is 1. The van der Waals surface area contributed by atoms with Crippen molar-refractivity contribution in [2.24, 2.45) is 5.10 Å². The van der Waals surface area contributed by atoms with E-state index in [4.69, 9.17) is 14.5 Å². The van der Waals surface area contributed by atoms with Crippen molar-refractivity contribution in [2.75, 3.05) is 7.11 Å². The summed E-state index contributed by atoms with van der Waals surface area (Å²) in [4.78, 5) is 18.6. The summed E-state index contributed by atoms with van der Waals surface area (Å²) >= 11 is 0. The Hall–Kier alpha value is -4.71. The smallest absolute Gasteiger partial charge is 0.282 e. The standard InChI is InChI=1S/C34H33N3O3/c1-22(2)29-19-30(24(4)18-32(29)39-5)33-36-31-12-7-6-11-28(31)34(38)37(33)35-20-25-13-15-27(16-14-25)40-21-26-10-8-9-23(3)17-26/h6-20,22H,21H2,1-5H3. The number of hydrogen-bond acceptors (Lipinski definition) is 5. The number of benzene rings is 4. The molecule has 0 aliphatic heterocycles. The second kappa shape index (κ2) is 11.6. The molecule has 5 aromatic rings. The lowest BCUT2D eigenvalue weighted by Crippen LogP contribution is -2.20. The maximum Gasteiger partial charge on any atom is 0.282 e. The highest BCUT2D eigenvalue weighted by Gasteiger charge is 2.18. The van der Waals surface area contributed by atoms with E-state index in [1.54, 1.807) is 19.4 Å². The molecule has 6 heteroatoms. The van der Waals surface area contributed by atoms with Crippen LogP contribution < -0.4 is 15.0 Å². The van der Waals surface area contributed by atoms with Crippen LogP contribution in [0.5, 0.6) is 11.5 Å². The Balaban J connectivity index is 1.51. The van der Waals surface area contributed by atoms with Crippen molar-refractivity contribution in [3.05, 3.63) is 123 Å². The second-order valence-electron chi connectivity index (χ2n) is 10.2. The third-order valence-corrected chi connectivity index (χ3v) is 6.88. The van der Waals surface area contributed by atoms with E-state index < -0.39 is 0 Å². The molecule has 1 aromatic heterocycles. The van der Waals surface area contributed by atoms with Gasteiger partial charge < -0.3 is 9.47 Å². The quantitative estimate of drug-likeness (QED) is 0.198. The molecule has 0 bridgehead atoms. The largest absolute Gasteiger partial charge is 0.496 e. The van der Waals surface area contributed by atoms with Crippen LogP contribution in [0, 0.1) is 13.8 Å². The lowest BCUT2D eigenvalue weighted by Gasteiger charge is -2.17. The molecule has 0 fully saturated rings. The van der Waals surface area contributed by atoms with Crippen LogP contribution in [0.3, 0.4) is 0 Å². The van der Waals surface area contributed by atoms with Gasteiger partial charge in [0, 0.05) is 5.56 Å². The van der Waals surface area contributed by atoms with Gasteiger partial charge in [-0.3, -0.25) is 4.79 Å². The Morgan fingerprint density at radius 2 is 1.73 bits per heavy atom. The summed E-state index contributed by atoms with van der Waals surface area (Å²) in [5.41, 5.74) is 6.39. The minimum Gasteiger partial charge on any atom is -0.496 e. The normalized spacial score (nSPS) is 11.4.